The van der Waals surface area contributed by atoms with Crippen LogP contribution in [0.2, 0.25) is 0 Å². The second-order valence-electron chi connectivity index (χ2n) is 6.50. The van der Waals surface area contributed by atoms with Crippen molar-refractivity contribution >= 4 is 17.7 Å². The molecule has 0 aromatic heterocycles. The Morgan fingerprint density at radius 3 is 2.50 bits per heavy atom. The van der Waals surface area contributed by atoms with E-state index in [1.165, 1.54) is 0 Å². The first-order valence-electron chi connectivity index (χ1n) is 8.33. The molecule has 0 radical (unpaired) electrons. The van der Waals surface area contributed by atoms with E-state index in [-0.39, 0.29) is 16.5 Å². The van der Waals surface area contributed by atoms with Crippen molar-refractivity contribution in [1.29, 1.82) is 0 Å². The minimum absolute atomic E-state index is 0.00690. The number of benzene rings is 2. The van der Waals surface area contributed by atoms with Crippen LogP contribution < -0.4 is 4.74 Å². The second-order valence-corrected chi connectivity index (χ2v) is 7.93. The SMILES string of the molecule is CC(C)CN1C(=O)C(C)SC1c1cccc(Oc2ccccc2)c1. The molecule has 1 amide bonds. The van der Waals surface area contributed by atoms with Crippen molar-refractivity contribution in [2.75, 3.05) is 6.54 Å². The smallest absolute Gasteiger partial charge is 0.236 e. The number of hydrogen-bond acceptors (Lipinski definition) is 3. The van der Waals surface area contributed by atoms with Crippen LogP contribution in [0.1, 0.15) is 31.7 Å². The fraction of sp³-hybridized carbons (Fsp3) is 0.350. The molecule has 2 aromatic rings. The Balaban J connectivity index is 1.83. The number of hydrogen-bond donors (Lipinski definition) is 0. The summed E-state index contributed by atoms with van der Waals surface area (Å²) in [6.45, 7) is 7.06. The fourth-order valence-electron chi connectivity index (χ4n) is 2.87. The molecule has 0 N–H and O–H groups in total. The predicted molar refractivity (Wildman–Crippen MR) is 99.3 cm³/mol. The van der Waals surface area contributed by atoms with Crippen LogP contribution in [0.3, 0.4) is 0 Å². The average molecular weight is 341 g/mol. The molecule has 3 nitrogen and oxygen atoms in total. The number of para-hydroxylation sites is 1. The van der Waals surface area contributed by atoms with Crippen molar-refractivity contribution in [1.82, 2.24) is 4.90 Å². The van der Waals surface area contributed by atoms with Crippen molar-refractivity contribution < 1.29 is 9.53 Å². The van der Waals surface area contributed by atoms with Crippen molar-refractivity contribution in [3.05, 3.63) is 60.2 Å². The van der Waals surface area contributed by atoms with E-state index in [4.69, 9.17) is 4.74 Å². The van der Waals surface area contributed by atoms with Crippen LogP contribution in [-0.4, -0.2) is 22.6 Å². The van der Waals surface area contributed by atoms with Crippen molar-refractivity contribution in [3.8, 4) is 11.5 Å². The van der Waals surface area contributed by atoms with Gasteiger partial charge in [-0.1, -0.05) is 44.2 Å². The molecular formula is C20H23NO2S. The van der Waals surface area contributed by atoms with Crippen LogP contribution in [0.5, 0.6) is 11.5 Å². The van der Waals surface area contributed by atoms with Gasteiger partial charge in [0.25, 0.3) is 0 Å². The summed E-state index contributed by atoms with van der Waals surface area (Å²) >= 11 is 1.71. The summed E-state index contributed by atoms with van der Waals surface area (Å²) in [5, 5.41) is 0.0710. The highest BCUT2D eigenvalue weighted by Crippen LogP contribution is 2.44. The first-order chi connectivity index (χ1) is 11.5. The van der Waals surface area contributed by atoms with Gasteiger partial charge in [-0.2, -0.15) is 0 Å². The number of carbonyl (C=O) groups excluding carboxylic acids is 1. The monoisotopic (exact) mass is 341 g/mol. The molecule has 1 aliphatic rings. The maximum atomic E-state index is 12.5. The molecule has 1 saturated heterocycles. The normalized spacial score (nSPS) is 20.7. The Kier molecular flexibility index (Phi) is 5.14. The summed E-state index contributed by atoms with van der Waals surface area (Å²) in [6, 6.07) is 17.8. The highest BCUT2D eigenvalue weighted by molar-refractivity contribution is 8.01. The molecule has 0 spiro atoms. The van der Waals surface area contributed by atoms with Gasteiger partial charge in [0.2, 0.25) is 5.91 Å². The third-order valence-corrected chi connectivity index (χ3v) is 5.33. The molecule has 2 aromatic carbocycles. The Hall–Kier alpha value is -1.94. The molecule has 4 heteroatoms. The molecule has 1 aliphatic heterocycles. The molecule has 0 aliphatic carbocycles. The minimum atomic E-state index is 0.00690. The van der Waals surface area contributed by atoms with E-state index in [9.17, 15) is 4.79 Å². The van der Waals surface area contributed by atoms with Crippen LogP contribution in [0.15, 0.2) is 54.6 Å². The number of thioether (sulfide) groups is 1. The van der Waals surface area contributed by atoms with Gasteiger partial charge in [0.15, 0.2) is 0 Å². The van der Waals surface area contributed by atoms with Gasteiger partial charge in [0.1, 0.15) is 16.9 Å². The van der Waals surface area contributed by atoms with Gasteiger partial charge in [-0.15, -0.1) is 11.8 Å². The molecule has 126 valence electrons. The standard InChI is InChI=1S/C20H23NO2S/c1-14(2)13-21-19(22)15(3)24-20(21)16-8-7-11-18(12-16)23-17-9-5-4-6-10-17/h4-12,14-15,20H,13H2,1-3H3. The van der Waals surface area contributed by atoms with E-state index in [1.54, 1.807) is 11.8 Å². The number of nitrogens with zero attached hydrogens (tertiary/aromatic N) is 1. The van der Waals surface area contributed by atoms with Gasteiger partial charge in [-0.3, -0.25) is 4.79 Å². The predicted octanol–water partition coefficient (Wildman–Crippen LogP) is 5.10. The summed E-state index contributed by atoms with van der Waals surface area (Å²) < 4.78 is 5.94. The maximum absolute atomic E-state index is 12.5. The van der Waals surface area contributed by atoms with E-state index >= 15 is 0 Å². The topological polar surface area (TPSA) is 29.5 Å². The van der Waals surface area contributed by atoms with Crippen LogP contribution in [-0.2, 0) is 4.79 Å². The summed E-state index contributed by atoms with van der Waals surface area (Å²) in [5.74, 6) is 2.30. The number of ether oxygens (including phenoxy) is 1. The lowest BCUT2D eigenvalue weighted by molar-refractivity contribution is -0.130. The van der Waals surface area contributed by atoms with Gasteiger partial charge in [-0.25, -0.2) is 0 Å². The van der Waals surface area contributed by atoms with Gasteiger partial charge in [0, 0.05) is 6.54 Å². The van der Waals surface area contributed by atoms with Gasteiger partial charge in [-0.05, 0) is 42.7 Å². The minimum Gasteiger partial charge on any atom is -0.457 e. The lowest BCUT2D eigenvalue weighted by Gasteiger charge is -2.26. The Morgan fingerprint density at radius 1 is 1.08 bits per heavy atom. The fourth-order valence-corrected chi connectivity index (χ4v) is 4.15. The lowest BCUT2D eigenvalue weighted by Crippen LogP contribution is -2.33. The third-order valence-electron chi connectivity index (χ3n) is 3.93. The number of amides is 1. The molecule has 3 rings (SSSR count). The average Bonchev–Trinajstić information content (AvgIpc) is 2.84. The van der Waals surface area contributed by atoms with Crippen LogP contribution in [0.25, 0.3) is 0 Å². The quantitative estimate of drug-likeness (QED) is 0.758. The third kappa shape index (κ3) is 3.75. The molecule has 2 unspecified atom stereocenters. The Bertz CT molecular complexity index is 702. The highest BCUT2D eigenvalue weighted by Gasteiger charge is 2.38. The Labute approximate surface area is 148 Å². The maximum Gasteiger partial charge on any atom is 0.236 e. The number of carbonyl (C=O) groups is 1. The zero-order valence-corrected chi connectivity index (χ0v) is 15.1. The van der Waals surface area contributed by atoms with E-state index in [0.717, 1.165) is 23.6 Å². The van der Waals surface area contributed by atoms with E-state index < -0.39 is 0 Å². The molecule has 0 bridgehead atoms. The van der Waals surface area contributed by atoms with Crippen LogP contribution in [0, 0.1) is 5.92 Å². The molecular weight excluding hydrogens is 318 g/mol. The van der Waals surface area contributed by atoms with E-state index in [1.807, 2.05) is 60.4 Å². The first-order valence-corrected chi connectivity index (χ1v) is 9.27. The molecule has 2 atom stereocenters. The van der Waals surface area contributed by atoms with Crippen molar-refractivity contribution in [3.63, 3.8) is 0 Å². The molecule has 1 heterocycles. The Morgan fingerprint density at radius 2 is 1.79 bits per heavy atom. The zero-order valence-electron chi connectivity index (χ0n) is 14.3. The molecule has 0 saturated carbocycles. The van der Waals surface area contributed by atoms with Gasteiger partial charge in [0.05, 0.1) is 5.25 Å². The first kappa shape index (κ1) is 16.9. The van der Waals surface area contributed by atoms with Crippen LogP contribution >= 0.6 is 11.8 Å². The largest absolute Gasteiger partial charge is 0.457 e. The van der Waals surface area contributed by atoms with Gasteiger partial charge >= 0.3 is 0 Å². The van der Waals surface area contributed by atoms with Crippen molar-refractivity contribution in [2.24, 2.45) is 5.92 Å². The highest BCUT2D eigenvalue weighted by atomic mass is 32.2. The summed E-state index contributed by atoms with van der Waals surface area (Å²) in [4.78, 5) is 14.5. The summed E-state index contributed by atoms with van der Waals surface area (Å²) in [7, 11) is 0. The summed E-state index contributed by atoms with van der Waals surface area (Å²) in [5.41, 5.74) is 1.12. The van der Waals surface area contributed by atoms with E-state index in [0.29, 0.717) is 5.92 Å². The second kappa shape index (κ2) is 7.31. The molecule has 24 heavy (non-hydrogen) atoms. The van der Waals surface area contributed by atoms with Crippen LogP contribution in [0.4, 0.5) is 0 Å². The zero-order chi connectivity index (χ0) is 17.1. The molecule has 1 fully saturated rings. The summed E-state index contributed by atoms with van der Waals surface area (Å²) in [6.07, 6.45) is 0. The lowest BCUT2D eigenvalue weighted by atomic mass is 10.1. The van der Waals surface area contributed by atoms with Crippen molar-refractivity contribution in [2.45, 2.75) is 31.4 Å². The van der Waals surface area contributed by atoms with E-state index in [2.05, 4.69) is 19.9 Å². The number of rotatable bonds is 5. The van der Waals surface area contributed by atoms with Gasteiger partial charge < -0.3 is 9.64 Å².